The zero-order valence-corrected chi connectivity index (χ0v) is 11.2. The fraction of sp³-hybridized carbons (Fsp3) is 0.643. The maximum Gasteiger partial charge on any atom is 0.114 e. The van der Waals surface area contributed by atoms with E-state index in [1.807, 2.05) is 39.0 Å². The lowest BCUT2D eigenvalue weighted by atomic mass is 9.82. The van der Waals surface area contributed by atoms with Gasteiger partial charge in [0.1, 0.15) is 6.10 Å². The Balaban J connectivity index is 3.08. The van der Waals surface area contributed by atoms with Crippen molar-refractivity contribution in [2.75, 3.05) is 0 Å². The number of nitrogens with zero attached hydrogens (tertiary/aromatic N) is 1. The molecule has 1 atom stereocenters. The average Bonchev–Trinajstić information content (AvgIpc) is 2.04. The molecular formula is C14H23NO. The van der Waals surface area contributed by atoms with Gasteiger partial charge in [-0.15, -0.1) is 0 Å². The van der Waals surface area contributed by atoms with Crippen LogP contribution in [0.2, 0.25) is 0 Å². The van der Waals surface area contributed by atoms with Gasteiger partial charge in [0.15, 0.2) is 0 Å². The van der Waals surface area contributed by atoms with Crippen molar-refractivity contribution in [2.45, 2.75) is 53.2 Å². The molecule has 0 aromatic heterocycles. The number of aliphatic imine (C=N–C) groups is 1. The highest BCUT2D eigenvalue weighted by Crippen LogP contribution is 2.29. The van der Waals surface area contributed by atoms with Crippen molar-refractivity contribution in [3.8, 4) is 0 Å². The second-order valence-electron chi connectivity index (χ2n) is 6.36. The molecule has 0 bridgehead atoms. The Morgan fingerprint density at radius 3 is 2.12 bits per heavy atom. The summed E-state index contributed by atoms with van der Waals surface area (Å²) in [6, 6.07) is 0. The molecule has 0 saturated heterocycles. The van der Waals surface area contributed by atoms with E-state index in [4.69, 9.17) is 0 Å². The van der Waals surface area contributed by atoms with Crippen LogP contribution < -0.4 is 0 Å². The van der Waals surface area contributed by atoms with E-state index in [1.54, 1.807) is 0 Å². The van der Waals surface area contributed by atoms with Crippen molar-refractivity contribution in [3.63, 3.8) is 0 Å². The second kappa shape index (κ2) is 4.17. The topological polar surface area (TPSA) is 32.6 Å². The smallest absolute Gasteiger partial charge is 0.114 e. The molecule has 0 aliphatic heterocycles. The Bertz CT molecular complexity index is 348. The van der Waals surface area contributed by atoms with Gasteiger partial charge < -0.3 is 5.11 Å². The first-order valence-corrected chi connectivity index (χ1v) is 5.78. The molecule has 2 heteroatoms. The molecule has 1 N–H and O–H groups in total. The number of rotatable bonds is 0. The summed E-state index contributed by atoms with van der Waals surface area (Å²) in [7, 11) is 0. The van der Waals surface area contributed by atoms with Gasteiger partial charge in [0.2, 0.25) is 0 Å². The number of allylic oxidation sites excluding steroid dienone is 2. The lowest BCUT2D eigenvalue weighted by molar-refractivity contribution is 0.286. The number of hydrogen-bond acceptors (Lipinski definition) is 2. The third-order valence-electron chi connectivity index (χ3n) is 2.40. The zero-order valence-electron chi connectivity index (χ0n) is 11.2. The van der Waals surface area contributed by atoms with Gasteiger partial charge in [-0.25, -0.2) is 0 Å². The van der Waals surface area contributed by atoms with Crippen LogP contribution in [0.25, 0.3) is 0 Å². The van der Waals surface area contributed by atoms with E-state index in [2.05, 4.69) is 25.8 Å². The minimum absolute atomic E-state index is 0.0926. The monoisotopic (exact) mass is 221 g/mol. The fourth-order valence-electron chi connectivity index (χ4n) is 1.54. The molecule has 16 heavy (non-hydrogen) atoms. The molecule has 1 aliphatic rings. The van der Waals surface area contributed by atoms with Gasteiger partial charge in [0, 0.05) is 0 Å². The highest BCUT2D eigenvalue weighted by atomic mass is 16.3. The first kappa shape index (κ1) is 13.2. The van der Waals surface area contributed by atoms with Crippen LogP contribution >= 0.6 is 0 Å². The SMILES string of the molecule is CC(C)(C)/N=C1/C=C(C(C)(C)C)C=CC1O. The van der Waals surface area contributed by atoms with Gasteiger partial charge in [0.25, 0.3) is 0 Å². The molecule has 0 aromatic carbocycles. The number of aliphatic hydroxyl groups excluding tert-OH is 1. The maximum absolute atomic E-state index is 9.85. The summed E-state index contributed by atoms with van der Waals surface area (Å²) in [5, 5.41) is 9.85. The van der Waals surface area contributed by atoms with Gasteiger partial charge >= 0.3 is 0 Å². The average molecular weight is 221 g/mol. The summed E-state index contributed by atoms with van der Waals surface area (Å²) < 4.78 is 0. The molecule has 1 aliphatic carbocycles. The molecule has 0 amide bonds. The summed E-state index contributed by atoms with van der Waals surface area (Å²) in [6.07, 6.45) is 5.25. The van der Waals surface area contributed by atoms with Crippen molar-refractivity contribution in [2.24, 2.45) is 10.4 Å². The van der Waals surface area contributed by atoms with Crippen LogP contribution in [0.3, 0.4) is 0 Å². The first-order chi connectivity index (χ1) is 7.09. The molecule has 0 spiro atoms. The van der Waals surface area contributed by atoms with Crippen LogP contribution in [0, 0.1) is 5.41 Å². The summed E-state index contributed by atoms with van der Waals surface area (Å²) in [5.41, 5.74) is 1.91. The summed E-state index contributed by atoms with van der Waals surface area (Å²) in [5.74, 6) is 0. The standard InChI is InChI=1S/C14H23NO/c1-13(2,3)10-7-8-12(16)11(9-10)15-14(4,5)6/h7-9,12,16H,1-6H3/b15-11-. The highest BCUT2D eigenvalue weighted by molar-refractivity contribution is 6.02. The Labute approximate surface area is 98.8 Å². The van der Waals surface area contributed by atoms with E-state index in [0.717, 1.165) is 5.71 Å². The van der Waals surface area contributed by atoms with E-state index >= 15 is 0 Å². The lowest BCUT2D eigenvalue weighted by Crippen LogP contribution is -2.26. The van der Waals surface area contributed by atoms with E-state index in [0.29, 0.717) is 0 Å². The zero-order chi connectivity index (χ0) is 12.6. The number of hydrogen-bond donors (Lipinski definition) is 1. The molecule has 0 saturated carbocycles. The van der Waals surface area contributed by atoms with E-state index < -0.39 is 6.10 Å². The van der Waals surface area contributed by atoms with Crippen molar-refractivity contribution in [1.29, 1.82) is 0 Å². The van der Waals surface area contributed by atoms with E-state index in [-0.39, 0.29) is 11.0 Å². The van der Waals surface area contributed by atoms with Gasteiger partial charge in [0.05, 0.1) is 11.3 Å². The molecule has 0 aromatic rings. The van der Waals surface area contributed by atoms with Crippen LogP contribution in [0.4, 0.5) is 0 Å². The Hall–Kier alpha value is -0.890. The van der Waals surface area contributed by atoms with Gasteiger partial charge in [-0.1, -0.05) is 26.8 Å². The molecule has 1 unspecified atom stereocenters. The molecule has 90 valence electrons. The largest absolute Gasteiger partial charge is 0.383 e. The minimum Gasteiger partial charge on any atom is -0.383 e. The minimum atomic E-state index is -0.565. The van der Waals surface area contributed by atoms with Crippen molar-refractivity contribution in [3.05, 3.63) is 23.8 Å². The Morgan fingerprint density at radius 1 is 1.12 bits per heavy atom. The van der Waals surface area contributed by atoms with Crippen molar-refractivity contribution in [1.82, 2.24) is 0 Å². The van der Waals surface area contributed by atoms with Gasteiger partial charge in [-0.2, -0.15) is 0 Å². The summed E-state index contributed by atoms with van der Waals surface area (Å²) in [4.78, 5) is 4.55. The van der Waals surface area contributed by atoms with Gasteiger partial charge in [-0.05, 0) is 43.9 Å². The van der Waals surface area contributed by atoms with Gasteiger partial charge in [-0.3, -0.25) is 4.99 Å². The summed E-state index contributed by atoms with van der Waals surface area (Å²) in [6.45, 7) is 12.6. The molecule has 0 fully saturated rings. The Kier molecular flexibility index (Phi) is 3.44. The van der Waals surface area contributed by atoms with Crippen LogP contribution in [0.1, 0.15) is 41.5 Å². The molecule has 1 rings (SSSR count). The quantitative estimate of drug-likeness (QED) is 0.669. The fourth-order valence-corrected chi connectivity index (χ4v) is 1.54. The van der Waals surface area contributed by atoms with Crippen molar-refractivity contribution < 1.29 is 5.11 Å². The van der Waals surface area contributed by atoms with E-state index in [1.165, 1.54) is 5.57 Å². The summed E-state index contributed by atoms with van der Waals surface area (Å²) >= 11 is 0. The predicted octanol–water partition coefficient (Wildman–Crippen LogP) is 3.13. The molecule has 2 nitrogen and oxygen atoms in total. The van der Waals surface area contributed by atoms with Crippen LogP contribution in [0.15, 0.2) is 28.8 Å². The Morgan fingerprint density at radius 2 is 1.69 bits per heavy atom. The highest BCUT2D eigenvalue weighted by Gasteiger charge is 2.22. The first-order valence-electron chi connectivity index (χ1n) is 5.78. The lowest BCUT2D eigenvalue weighted by Gasteiger charge is -2.26. The third-order valence-corrected chi connectivity index (χ3v) is 2.40. The predicted molar refractivity (Wildman–Crippen MR) is 69.9 cm³/mol. The molecular weight excluding hydrogens is 198 g/mol. The van der Waals surface area contributed by atoms with E-state index in [9.17, 15) is 5.11 Å². The van der Waals surface area contributed by atoms with Crippen LogP contribution in [-0.4, -0.2) is 22.5 Å². The third kappa shape index (κ3) is 3.60. The molecule has 0 radical (unpaired) electrons. The number of aliphatic hydroxyl groups is 1. The van der Waals surface area contributed by atoms with Crippen LogP contribution in [-0.2, 0) is 0 Å². The van der Waals surface area contributed by atoms with Crippen molar-refractivity contribution >= 4 is 5.71 Å². The second-order valence-corrected chi connectivity index (χ2v) is 6.36. The van der Waals surface area contributed by atoms with Crippen LogP contribution in [0.5, 0.6) is 0 Å². The maximum atomic E-state index is 9.85. The molecule has 0 heterocycles. The normalized spacial score (nSPS) is 24.8.